The molecule has 2 aromatic carbocycles. The summed E-state index contributed by atoms with van der Waals surface area (Å²) in [6.45, 7) is 2.51. The lowest BCUT2D eigenvalue weighted by Crippen LogP contribution is -2.73. The van der Waals surface area contributed by atoms with Gasteiger partial charge in [0.2, 0.25) is 5.91 Å². The first-order valence-corrected chi connectivity index (χ1v) is 13.9. The summed E-state index contributed by atoms with van der Waals surface area (Å²) in [6.07, 6.45) is 2.07. The van der Waals surface area contributed by atoms with Crippen molar-refractivity contribution in [3.8, 4) is 5.75 Å². The minimum Gasteiger partial charge on any atom is -0.507 e. The van der Waals surface area contributed by atoms with Gasteiger partial charge in [-0.2, -0.15) is 0 Å². The summed E-state index contributed by atoms with van der Waals surface area (Å²) in [7, 11) is 3.10. The Bertz CT molecular complexity index is 1550. The number of fused-ring (bicyclic) bond motifs is 4. The van der Waals surface area contributed by atoms with E-state index in [1.165, 1.54) is 4.90 Å². The third kappa shape index (κ3) is 3.82. The average Bonchev–Trinajstić information content (AvgIpc) is 3.42. The standard InChI is InChI=1S/C30H33FN4O6/c1-34(2)23-18-11-14-10-17-20(25(37)19(14)28(39)30(18,41)27(32)21(26(23)38)29(33)40)24(36)16-9-13(5-6-15(16)22(17)31)12-35-7-3-4-8-35/h5-6,9,14,18-19,21,23,32,36,41H,3-4,7-8,10-12H2,1-2H3,(H2,33,40). The van der Waals surface area contributed by atoms with Crippen LogP contribution in [0.5, 0.6) is 5.75 Å². The van der Waals surface area contributed by atoms with Gasteiger partial charge in [0.25, 0.3) is 0 Å². The molecule has 0 spiro atoms. The summed E-state index contributed by atoms with van der Waals surface area (Å²) in [5.74, 6) is -10.00. The van der Waals surface area contributed by atoms with Crippen molar-refractivity contribution >= 4 is 39.7 Å². The number of halogens is 1. The molecule has 1 heterocycles. The number of primary amides is 1. The van der Waals surface area contributed by atoms with Gasteiger partial charge in [-0.05, 0) is 70.4 Å². The molecule has 6 unspecified atom stereocenters. The van der Waals surface area contributed by atoms with Gasteiger partial charge in [-0.15, -0.1) is 0 Å². The molecule has 6 atom stereocenters. The Morgan fingerprint density at radius 1 is 1.20 bits per heavy atom. The second kappa shape index (κ2) is 9.50. The maximum Gasteiger partial charge on any atom is 0.233 e. The number of phenolic OH excluding ortho intramolecular Hbond substituents is 1. The van der Waals surface area contributed by atoms with Crippen molar-refractivity contribution < 1.29 is 33.8 Å². The summed E-state index contributed by atoms with van der Waals surface area (Å²) in [5, 5.41) is 32.0. The van der Waals surface area contributed by atoms with Gasteiger partial charge >= 0.3 is 0 Å². The highest BCUT2D eigenvalue weighted by atomic mass is 19.1. The Morgan fingerprint density at radius 2 is 1.88 bits per heavy atom. The second-order valence-corrected chi connectivity index (χ2v) is 12.2. The van der Waals surface area contributed by atoms with Crippen molar-refractivity contribution in [3.63, 3.8) is 0 Å². The summed E-state index contributed by atoms with van der Waals surface area (Å²) < 4.78 is 16.0. The van der Waals surface area contributed by atoms with E-state index in [0.29, 0.717) is 6.54 Å². The van der Waals surface area contributed by atoms with Crippen molar-refractivity contribution in [2.24, 2.45) is 29.4 Å². The zero-order valence-electron chi connectivity index (χ0n) is 22.9. The number of Topliss-reactive ketones (excluding diaryl/α,β-unsaturated/α-hetero) is 3. The summed E-state index contributed by atoms with van der Waals surface area (Å²) >= 11 is 0. The van der Waals surface area contributed by atoms with E-state index in [1.54, 1.807) is 26.2 Å². The highest BCUT2D eigenvalue weighted by Gasteiger charge is 2.67. The first-order chi connectivity index (χ1) is 19.4. The average molecular weight is 565 g/mol. The van der Waals surface area contributed by atoms with E-state index in [1.807, 2.05) is 6.07 Å². The molecular formula is C30H33FN4O6. The fourth-order valence-corrected chi connectivity index (χ4v) is 7.82. The zero-order valence-corrected chi connectivity index (χ0v) is 22.9. The lowest BCUT2D eigenvalue weighted by atomic mass is 9.52. The van der Waals surface area contributed by atoms with Gasteiger partial charge in [0.1, 0.15) is 17.5 Å². The lowest BCUT2D eigenvalue weighted by Gasteiger charge is -2.53. The number of ketones is 3. The number of hydrogen-bond acceptors (Lipinski definition) is 9. The van der Waals surface area contributed by atoms with Gasteiger partial charge in [0.15, 0.2) is 23.0 Å². The van der Waals surface area contributed by atoms with Crippen molar-refractivity contribution in [1.82, 2.24) is 9.80 Å². The number of phenols is 1. The number of likely N-dealkylation sites (tertiary alicyclic amines) is 1. The highest BCUT2D eigenvalue weighted by molar-refractivity contribution is 6.33. The van der Waals surface area contributed by atoms with Crippen LogP contribution in [-0.2, 0) is 27.3 Å². The normalized spacial score (nSPS) is 31.9. The quantitative estimate of drug-likeness (QED) is 0.402. The summed E-state index contributed by atoms with van der Waals surface area (Å²) in [5.41, 5.74) is 2.56. The number of amides is 1. The maximum atomic E-state index is 16.0. The van der Waals surface area contributed by atoms with E-state index in [0.717, 1.165) is 31.5 Å². The van der Waals surface area contributed by atoms with Crippen molar-refractivity contribution in [1.29, 1.82) is 5.41 Å². The number of rotatable bonds is 4. The Labute approximate surface area is 235 Å². The molecule has 3 fully saturated rings. The number of carbonyl (C=O) groups is 4. The van der Waals surface area contributed by atoms with E-state index in [-0.39, 0.29) is 34.7 Å². The van der Waals surface area contributed by atoms with Crippen LogP contribution in [0.3, 0.4) is 0 Å². The third-order valence-electron chi connectivity index (χ3n) is 9.70. The molecule has 6 rings (SSSR count). The molecule has 2 saturated carbocycles. The third-order valence-corrected chi connectivity index (χ3v) is 9.70. The van der Waals surface area contributed by atoms with Gasteiger partial charge in [-0.25, -0.2) is 4.39 Å². The first kappa shape index (κ1) is 27.6. The largest absolute Gasteiger partial charge is 0.507 e. The van der Waals surface area contributed by atoms with E-state index in [9.17, 15) is 29.4 Å². The van der Waals surface area contributed by atoms with Crippen molar-refractivity contribution in [2.45, 2.75) is 43.9 Å². The number of nitrogens with zero attached hydrogens (tertiary/aromatic N) is 2. The minimum atomic E-state index is -2.59. The molecule has 1 amide bonds. The van der Waals surface area contributed by atoms with Gasteiger partial charge in [-0.1, -0.05) is 12.1 Å². The topological polar surface area (TPSA) is 165 Å². The molecule has 0 bridgehead atoms. The molecular weight excluding hydrogens is 531 g/mol. The van der Waals surface area contributed by atoms with Crippen LogP contribution in [0.1, 0.15) is 40.7 Å². The van der Waals surface area contributed by atoms with E-state index in [4.69, 9.17) is 11.1 Å². The molecule has 1 aliphatic heterocycles. The monoisotopic (exact) mass is 564 g/mol. The molecule has 4 aliphatic rings. The second-order valence-electron chi connectivity index (χ2n) is 12.2. The van der Waals surface area contributed by atoms with E-state index in [2.05, 4.69) is 4.90 Å². The molecule has 0 aromatic heterocycles. The first-order valence-electron chi connectivity index (χ1n) is 13.9. The van der Waals surface area contributed by atoms with E-state index >= 15 is 4.39 Å². The summed E-state index contributed by atoms with van der Waals surface area (Å²) in [6, 6.07) is 3.95. The van der Waals surface area contributed by atoms with Crippen molar-refractivity contribution in [3.05, 3.63) is 40.7 Å². The Balaban J connectivity index is 1.45. The number of benzene rings is 2. The molecule has 5 N–H and O–H groups in total. The summed E-state index contributed by atoms with van der Waals surface area (Å²) in [4.78, 5) is 57.1. The predicted molar refractivity (Wildman–Crippen MR) is 146 cm³/mol. The van der Waals surface area contributed by atoms with E-state index < -0.39 is 75.8 Å². The van der Waals surface area contributed by atoms with Crippen LogP contribution >= 0.6 is 0 Å². The molecule has 216 valence electrons. The Morgan fingerprint density at radius 3 is 2.51 bits per heavy atom. The molecule has 3 aliphatic carbocycles. The smallest absolute Gasteiger partial charge is 0.233 e. The molecule has 11 heteroatoms. The van der Waals surface area contributed by atoms with Crippen LogP contribution < -0.4 is 5.73 Å². The molecule has 2 aromatic rings. The van der Waals surface area contributed by atoms with Crippen molar-refractivity contribution in [2.75, 3.05) is 27.2 Å². The minimum absolute atomic E-state index is 0.000380. The number of carbonyl (C=O) groups excluding carboxylic acids is 4. The number of aromatic hydroxyl groups is 1. The van der Waals surface area contributed by atoms with Gasteiger partial charge in [0.05, 0.1) is 23.2 Å². The Kier molecular flexibility index (Phi) is 6.40. The predicted octanol–water partition coefficient (Wildman–Crippen LogP) is 1.21. The van der Waals surface area contributed by atoms with Crippen LogP contribution in [0.2, 0.25) is 0 Å². The number of hydrogen-bond donors (Lipinski definition) is 4. The molecule has 1 saturated heterocycles. The van der Waals surface area contributed by atoms with Crippen LogP contribution in [0.25, 0.3) is 10.8 Å². The van der Waals surface area contributed by atoms with Gasteiger partial charge in [0, 0.05) is 28.8 Å². The molecule has 10 nitrogen and oxygen atoms in total. The number of nitrogens with two attached hydrogens (primary N) is 1. The number of aliphatic hydroxyl groups is 1. The molecule has 0 radical (unpaired) electrons. The van der Waals surface area contributed by atoms with Crippen LogP contribution in [0, 0.1) is 34.9 Å². The number of likely N-dealkylation sites (N-methyl/N-ethyl adjacent to an activating group) is 1. The van der Waals surface area contributed by atoms with Crippen LogP contribution in [0.15, 0.2) is 18.2 Å². The van der Waals surface area contributed by atoms with Crippen LogP contribution in [0.4, 0.5) is 4.39 Å². The zero-order chi connectivity index (χ0) is 29.5. The van der Waals surface area contributed by atoms with Crippen LogP contribution in [-0.4, -0.2) is 87.8 Å². The fraction of sp³-hybridized carbons (Fsp3) is 0.500. The highest BCUT2D eigenvalue weighted by Crippen LogP contribution is 2.52. The Hall–Kier alpha value is -3.54. The number of nitrogens with one attached hydrogen (secondary N) is 1. The SMILES string of the molecule is CN(C)C1C(=O)C(C(N)=O)C(=N)C2(O)C(=O)C3C(=O)c4c(c(F)c5ccc(CN6CCCC6)cc5c4O)CC3CC12. The maximum absolute atomic E-state index is 16.0. The van der Waals surface area contributed by atoms with Gasteiger partial charge < -0.3 is 21.4 Å². The lowest BCUT2D eigenvalue weighted by molar-refractivity contribution is -0.157. The fourth-order valence-electron chi connectivity index (χ4n) is 7.82. The molecule has 41 heavy (non-hydrogen) atoms. The van der Waals surface area contributed by atoms with Gasteiger partial charge in [-0.3, -0.25) is 29.0 Å².